The zero-order valence-electron chi connectivity index (χ0n) is 24.8. The molecular formula is C30H33F3N8O3S. The van der Waals surface area contributed by atoms with Gasteiger partial charge in [0.05, 0.1) is 41.7 Å². The van der Waals surface area contributed by atoms with E-state index in [1.165, 1.54) is 29.8 Å². The van der Waals surface area contributed by atoms with E-state index in [4.69, 9.17) is 5.11 Å². The van der Waals surface area contributed by atoms with Crippen molar-refractivity contribution in [1.29, 1.82) is 5.26 Å². The van der Waals surface area contributed by atoms with Crippen LogP contribution in [0.3, 0.4) is 0 Å². The predicted molar refractivity (Wildman–Crippen MR) is 162 cm³/mol. The third kappa shape index (κ3) is 7.75. The standard InChI is InChI=1S/C30H33F3N8O3S/c1-18-4-3-6-40(18)17-24-27(21-10-20(13-34)11-22(12-21)30(31,32)33)37-29(45-24)38-28(44)23-14-36-25(15-35-23)41-9-8-39(19(2)16-41)7-5-26(42)43/h10-12,14-15,18-19H,3-9,16-17H2,1-2H3,(H,42,43)(H,37,38,44)/t18-,19-/m1/s1. The number of carbonyl (C=O) groups excluding carboxylic acids is 1. The number of thiazole rings is 1. The van der Waals surface area contributed by atoms with Crippen LogP contribution in [-0.2, 0) is 17.5 Å². The molecule has 0 bridgehead atoms. The van der Waals surface area contributed by atoms with Crippen LogP contribution in [0.4, 0.5) is 24.1 Å². The van der Waals surface area contributed by atoms with E-state index in [2.05, 4.69) is 37.0 Å². The number of carboxylic acid groups (broad SMARTS) is 1. The first-order valence-electron chi connectivity index (χ1n) is 14.6. The lowest BCUT2D eigenvalue weighted by Gasteiger charge is -2.40. The molecule has 1 aromatic carbocycles. The first kappa shape index (κ1) is 32.3. The molecule has 0 unspecified atom stereocenters. The number of carbonyl (C=O) groups is 2. The number of carboxylic acids is 1. The SMILES string of the molecule is C[C@@H]1CN(c2cnc(C(=O)Nc3nc(-c4cc(C#N)cc(C(F)(F)F)c4)c(CN4CCC[C@H]4C)s3)cn2)CCN1CCC(=O)O. The summed E-state index contributed by atoms with van der Waals surface area (Å²) in [4.78, 5) is 44.4. The summed E-state index contributed by atoms with van der Waals surface area (Å²) in [6, 6.07) is 5.38. The van der Waals surface area contributed by atoms with Crippen molar-refractivity contribution in [1.82, 2.24) is 24.8 Å². The molecule has 2 N–H and O–H groups in total. The molecule has 1 amide bonds. The molecule has 0 saturated carbocycles. The van der Waals surface area contributed by atoms with Crippen LogP contribution in [0.1, 0.15) is 59.6 Å². The van der Waals surface area contributed by atoms with Gasteiger partial charge in [-0.15, -0.1) is 0 Å². The smallest absolute Gasteiger partial charge is 0.416 e. The number of nitrogens with one attached hydrogen (secondary N) is 1. The molecule has 2 aromatic heterocycles. The van der Waals surface area contributed by atoms with Gasteiger partial charge in [0.15, 0.2) is 5.13 Å². The average molecular weight is 643 g/mol. The quantitative estimate of drug-likeness (QED) is 0.337. The Morgan fingerprint density at radius 1 is 1.11 bits per heavy atom. The van der Waals surface area contributed by atoms with Crippen molar-refractivity contribution in [3.05, 3.63) is 52.3 Å². The third-order valence-corrected chi connectivity index (χ3v) is 9.15. The maximum atomic E-state index is 13.7. The number of likely N-dealkylation sites (tertiary alicyclic amines) is 1. The third-order valence-electron chi connectivity index (χ3n) is 8.19. The van der Waals surface area contributed by atoms with Crippen molar-refractivity contribution >= 4 is 34.2 Å². The molecule has 2 atom stereocenters. The Labute approximate surface area is 262 Å². The lowest BCUT2D eigenvalue weighted by molar-refractivity contribution is -0.138. The maximum absolute atomic E-state index is 13.7. The molecular weight excluding hydrogens is 609 g/mol. The maximum Gasteiger partial charge on any atom is 0.416 e. The minimum Gasteiger partial charge on any atom is -0.481 e. The number of anilines is 2. The van der Waals surface area contributed by atoms with E-state index in [1.807, 2.05) is 11.8 Å². The number of aromatic nitrogens is 3. The molecule has 0 spiro atoms. The van der Waals surface area contributed by atoms with Crippen LogP contribution in [-0.4, -0.2) is 86.5 Å². The van der Waals surface area contributed by atoms with Gasteiger partial charge in [0.2, 0.25) is 0 Å². The fraction of sp³-hybridized carbons (Fsp3) is 0.467. The molecule has 2 aliphatic heterocycles. The summed E-state index contributed by atoms with van der Waals surface area (Å²) < 4.78 is 41.0. The van der Waals surface area contributed by atoms with Gasteiger partial charge >= 0.3 is 12.1 Å². The number of amides is 1. The molecule has 2 saturated heterocycles. The number of hydrogen-bond donors (Lipinski definition) is 2. The first-order valence-corrected chi connectivity index (χ1v) is 15.4. The molecule has 4 heterocycles. The molecule has 2 fully saturated rings. The lowest BCUT2D eigenvalue weighted by atomic mass is 10.0. The van der Waals surface area contributed by atoms with E-state index in [-0.39, 0.29) is 40.1 Å². The van der Waals surface area contributed by atoms with E-state index in [1.54, 1.807) is 6.07 Å². The predicted octanol–water partition coefficient (Wildman–Crippen LogP) is 4.71. The van der Waals surface area contributed by atoms with E-state index in [0.717, 1.165) is 31.5 Å². The molecule has 0 radical (unpaired) electrons. The number of rotatable bonds is 9. The van der Waals surface area contributed by atoms with Crippen molar-refractivity contribution < 1.29 is 27.9 Å². The van der Waals surface area contributed by atoms with Gasteiger partial charge in [0.25, 0.3) is 5.91 Å². The zero-order valence-corrected chi connectivity index (χ0v) is 25.7. The van der Waals surface area contributed by atoms with Crippen LogP contribution in [0.5, 0.6) is 0 Å². The highest BCUT2D eigenvalue weighted by molar-refractivity contribution is 7.16. The van der Waals surface area contributed by atoms with Crippen LogP contribution >= 0.6 is 11.3 Å². The number of nitriles is 1. The Balaban J connectivity index is 1.34. The van der Waals surface area contributed by atoms with Crippen LogP contribution in [0, 0.1) is 11.3 Å². The molecule has 45 heavy (non-hydrogen) atoms. The molecule has 2 aliphatic rings. The van der Waals surface area contributed by atoms with E-state index < -0.39 is 23.6 Å². The Bertz CT molecular complexity index is 1590. The lowest BCUT2D eigenvalue weighted by Crippen LogP contribution is -2.52. The van der Waals surface area contributed by atoms with Crippen molar-refractivity contribution in [2.45, 2.75) is 57.9 Å². The highest BCUT2D eigenvalue weighted by Gasteiger charge is 2.32. The highest BCUT2D eigenvalue weighted by atomic mass is 32.1. The second-order valence-corrected chi connectivity index (χ2v) is 12.4. The van der Waals surface area contributed by atoms with Crippen LogP contribution < -0.4 is 10.2 Å². The Morgan fingerprint density at radius 2 is 1.91 bits per heavy atom. The minimum atomic E-state index is -4.64. The summed E-state index contributed by atoms with van der Waals surface area (Å²) in [6.45, 7) is 7.80. The fourth-order valence-electron chi connectivity index (χ4n) is 5.68. The Hall–Kier alpha value is -4.13. The average Bonchev–Trinajstić information content (AvgIpc) is 3.60. The summed E-state index contributed by atoms with van der Waals surface area (Å²) in [6.07, 6.45) is 0.319. The van der Waals surface area contributed by atoms with Gasteiger partial charge in [0, 0.05) is 55.2 Å². The van der Waals surface area contributed by atoms with Crippen molar-refractivity contribution in [3.8, 4) is 17.3 Å². The number of halogens is 3. The number of benzene rings is 1. The van der Waals surface area contributed by atoms with Gasteiger partial charge in [-0.25, -0.2) is 15.0 Å². The molecule has 15 heteroatoms. The number of piperazine rings is 1. The molecule has 5 rings (SSSR count). The molecule has 238 valence electrons. The second kappa shape index (κ2) is 13.5. The minimum absolute atomic E-state index is 0.0455. The van der Waals surface area contributed by atoms with E-state index in [0.29, 0.717) is 49.5 Å². The van der Waals surface area contributed by atoms with Crippen LogP contribution in [0.2, 0.25) is 0 Å². The first-order chi connectivity index (χ1) is 21.4. The van der Waals surface area contributed by atoms with Gasteiger partial charge in [-0.2, -0.15) is 18.4 Å². The van der Waals surface area contributed by atoms with Gasteiger partial charge in [-0.3, -0.25) is 24.7 Å². The summed E-state index contributed by atoms with van der Waals surface area (Å²) in [7, 11) is 0. The molecule has 3 aromatic rings. The number of hydrogen-bond acceptors (Lipinski definition) is 10. The van der Waals surface area contributed by atoms with Crippen LogP contribution in [0.25, 0.3) is 11.3 Å². The van der Waals surface area contributed by atoms with Crippen molar-refractivity contribution in [2.24, 2.45) is 0 Å². The number of aliphatic carboxylic acids is 1. The van der Waals surface area contributed by atoms with Crippen LogP contribution in [0.15, 0.2) is 30.6 Å². The summed E-state index contributed by atoms with van der Waals surface area (Å²) in [5.74, 6) is -0.809. The Kier molecular flexibility index (Phi) is 9.66. The van der Waals surface area contributed by atoms with Crippen molar-refractivity contribution in [2.75, 3.05) is 42.9 Å². The van der Waals surface area contributed by atoms with Gasteiger partial charge < -0.3 is 10.0 Å². The molecule has 11 nitrogen and oxygen atoms in total. The summed E-state index contributed by atoms with van der Waals surface area (Å²) in [5.41, 5.74) is -0.590. The van der Waals surface area contributed by atoms with Gasteiger partial charge in [-0.05, 0) is 51.4 Å². The largest absolute Gasteiger partial charge is 0.481 e. The number of nitrogens with zero attached hydrogens (tertiary/aromatic N) is 7. The highest BCUT2D eigenvalue weighted by Crippen LogP contribution is 2.38. The number of alkyl halides is 3. The topological polar surface area (TPSA) is 139 Å². The fourth-order valence-corrected chi connectivity index (χ4v) is 6.68. The summed E-state index contributed by atoms with van der Waals surface area (Å²) >= 11 is 1.18. The van der Waals surface area contributed by atoms with Gasteiger partial charge in [0.1, 0.15) is 11.5 Å². The van der Waals surface area contributed by atoms with E-state index >= 15 is 0 Å². The molecule has 0 aliphatic carbocycles. The normalized spacial score (nSPS) is 19.4. The van der Waals surface area contributed by atoms with Crippen molar-refractivity contribution in [3.63, 3.8) is 0 Å². The monoisotopic (exact) mass is 642 g/mol. The van der Waals surface area contributed by atoms with Gasteiger partial charge in [-0.1, -0.05) is 11.3 Å². The van der Waals surface area contributed by atoms with E-state index in [9.17, 15) is 28.0 Å². The summed E-state index contributed by atoms with van der Waals surface area (Å²) in [5, 5.41) is 21.3. The Morgan fingerprint density at radius 3 is 2.53 bits per heavy atom. The zero-order chi connectivity index (χ0) is 32.3. The second-order valence-electron chi connectivity index (χ2n) is 11.3.